The molecule has 0 amide bonds. The highest BCUT2D eigenvalue weighted by atomic mass is 13.9. The van der Waals surface area contributed by atoms with Gasteiger partial charge < -0.3 is 0 Å². The molecule has 0 aliphatic rings. The molecular formula is C12H26. The van der Waals surface area contributed by atoms with Crippen molar-refractivity contribution in [3.63, 3.8) is 0 Å². The SMILES string of the molecule is C=CC(C)CC.CCC(C)CC. The van der Waals surface area contributed by atoms with Gasteiger partial charge in [0.2, 0.25) is 0 Å². The Morgan fingerprint density at radius 3 is 1.42 bits per heavy atom. The maximum absolute atomic E-state index is 3.63. The van der Waals surface area contributed by atoms with Crippen LogP contribution in [-0.4, -0.2) is 0 Å². The summed E-state index contributed by atoms with van der Waals surface area (Å²) in [4.78, 5) is 0. The van der Waals surface area contributed by atoms with Gasteiger partial charge in [0.1, 0.15) is 0 Å². The molecule has 0 rings (SSSR count). The molecule has 0 bridgehead atoms. The second-order valence-electron chi connectivity index (χ2n) is 3.54. The third-order valence-electron chi connectivity index (χ3n) is 2.44. The minimum atomic E-state index is 0.699. The lowest BCUT2D eigenvalue weighted by Gasteiger charge is -1.98. The molecule has 0 saturated heterocycles. The third kappa shape index (κ3) is 12.4. The van der Waals surface area contributed by atoms with Crippen molar-refractivity contribution in [1.82, 2.24) is 0 Å². The molecule has 0 nitrogen and oxygen atoms in total. The van der Waals surface area contributed by atoms with Crippen LogP contribution in [0.3, 0.4) is 0 Å². The molecular weight excluding hydrogens is 144 g/mol. The van der Waals surface area contributed by atoms with E-state index in [9.17, 15) is 0 Å². The van der Waals surface area contributed by atoms with E-state index in [1.165, 1.54) is 19.3 Å². The highest BCUT2D eigenvalue weighted by molar-refractivity contribution is 4.72. The van der Waals surface area contributed by atoms with Crippen LogP contribution in [-0.2, 0) is 0 Å². The normalized spacial score (nSPS) is 11.8. The van der Waals surface area contributed by atoms with E-state index in [1.807, 2.05) is 6.08 Å². The van der Waals surface area contributed by atoms with Crippen molar-refractivity contribution in [2.75, 3.05) is 0 Å². The summed E-state index contributed by atoms with van der Waals surface area (Å²) in [5.41, 5.74) is 0. The zero-order chi connectivity index (χ0) is 9.98. The van der Waals surface area contributed by atoms with Crippen LogP contribution in [0.15, 0.2) is 12.7 Å². The topological polar surface area (TPSA) is 0 Å². The summed E-state index contributed by atoms with van der Waals surface area (Å²) in [5.74, 6) is 1.63. The Morgan fingerprint density at radius 2 is 1.42 bits per heavy atom. The van der Waals surface area contributed by atoms with Crippen LogP contribution in [0.2, 0.25) is 0 Å². The van der Waals surface area contributed by atoms with Crippen LogP contribution in [0.25, 0.3) is 0 Å². The number of allylic oxidation sites excluding steroid dienone is 1. The second-order valence-corrected chi connectivity index (χ2v) is 3.54. The lowest BCUT2D eigenvalue weighted by Crippen LogP contribution is -1.85. The standard InChI is InChI=1S/C6H14.C6H12/c2*1-4-6(3)5-2/h6H,4-5H2,1-3H3;4,6H,1,5H2,2-3H3. The molecule has 0 aliphatic heterocycles. The maximum Gasteiger partial charge on any atom is -0.0267 e. The Labute approximate surface area is 79.1 Å². The van der Waals surface area contributed by atoms with Crippen LogP contribution in [0, 0.1) is 11.8 Å². The summed E-state index contributed by atoms with van der Waals surface area (Å²) >= 11 is 0. The quantitative estimate of drug-likeness (QED) is 0.538. The van der Waals surface area contributed by atoms with Gasteiger partial charge in [0.25, 0.3) is 0 Å². The van der Waals surface area contributed by atoms with Gasteiger partial charge in [-0.25, -0.2) is 0 Å². The van der Waals surface area contributed by atoms with E-state index < -0.39 is 0 Å². The van der Waals surface area contributed by atoms with Gasteiger partial charge in [0.05, 0.1) is 0 Å². The molecule has 0 saturated carbocycles. The van der Waals surface area contributed by atoms with E-state index in [-0.39, 0.29) is 0 Å². The summed E-state index contributed by atoms with van der Waals surface area (Å²) in [6.07, 6.45) is 5.84. The Morgan fingerprint density at radius 1 is 1.00 bits per heavy atom. The van der Waals surface area contributed by atoms with Gasteiger partial charge in [0, 0.05) is 0 Å². The molecule has 0 aliphatic carbocycles. The van der Waals surface area contributed by atoms with E-state index in [2.05, 4.69) is 41.2 Å². The van der Waals surface area contributed by atoms with Crippen molar-refractivity contribution in [3.8, 4) is 0 Å². The number of hydrogen-bond donors (Lipinski definition) is 0. The monoisotopic (exact) mass is 170 g/mol. The summed E-state index contributed by atoms with van der Waals surface area (Å²) in [6.45, 7) is 14.7. The van der Waals surface area contributed by atoms with Gasteiger partial charge in [0.15, 0.2) is 0 Å². The average molecular weight is 170 g/mol. The van der Waals surface area contributed by atoms with Crippen LogP contribution >= 0.6 is 0 Å². The molecule has 0 heterocycles. The first-order valence-electron chi connectivity index (χ1n) is 5.24. The Hall–Kier alpha value is -0.260. The zero-order valence-corrected chi connectivity index (χ0v) is 9.56. The maximum atomic E-state index is 3.63. The smallest absolute Gasteiger partial charge is 0.0267 e. The number of rotatable bonds is 4. The van der Waals surface area contributed by atoms with Crippen molar-refractivity contribution in [1.29, 1.82) is 0 Å². The lowest BCUT2D eigenvalue weighted by molar-refractivity contribution is 0.544. The number of hydrogen-bond acceptors (Lipinski definition) is 0. The van der Waals surface area contributed by atoms with Crippen molar-refractivity contribution < 1.29 is 0 Å². The summed E-state index contributed by atoms with van der Waals surface area (Å²) in [6, 6.07) is 0. The predicted octanol–water partition coefficient (Wildman–Crippen LogP) is 4.66. The molecule has 1 atom stereocenters. The predicted molar refractivity (Wildman–Crippen MR) is 59.4 cm³/mol. The molecule has 12 heavy (non-hydrogen) atoms. The molecule has 0 N–H and O–H groups in total. The van der Waals surface area contributed by atoms with E-state index in [1.54, 1.807) is 0 Å². The molecule has 0 aromatic heterocycles. The van der Waals surface area contributed by atoms with Gasteiger partial charge in [-0.2, -0.15) is 0 Å². The largest absolute Gasteiger partial charge is 0.103 e. The van der Waals surface area contributed by atoms with E-state index in [0.29, 0.717) is 5.92 Å². The Balaban J connectivity index is 0. The van der Waals surface area contributed by atoms with Crippen molar-refractivity contribution in [2.45, 2.75) is 53.9 Å². The fourth-order valence-electron chi connectivity index (χ4n) is 0.455. The molecule has 0 heteroatoms. The summed E-state index contributed by atoms with van der Waals surface area (Å²) in [7, 11) is 0. The Bertz CT molecular complexity index is 80.0. The van der Waals surface area contributed by atoms with Crippen LogP contribution in [0.1, 0.15) is 53.9 Å². The molecule has 0 radical (unpaired) electrons. The molecule has 0 fully saturated rings. The molecule has 1 unspecified atom stereocenters. The van der Waals surface area contributed by atoms with Gasteiger partial charge in [-0.15, -0.1) is 6.58 Å². The Kier molecular flexibility index (Phi) is 12.8. The minimum Gasteiger partial charge on any atom is -0.103 e. The molecule has 74 valence electrons. The average Bonchev–Trinajstić information content (AvgIpc) is 2.16. The van der Waals surface area contributed by atoms with Gasteiger partial charge in [-0.1, -0.05) is 60.0 Å². The first-order valence-corrected chi connectivity index (χ1v) is 5.24. The van der Waals surface area contributed by atoms with E-state index in [0.717, 1.165) is 5.92 Å². The van der Waals surface area contributed by atoms with Gasteiger partial charge in [-0.3, -0.25) is 0 Å². The fourth-order valence-corrected chi connectivity index (χ4v) is 0.455. The van der Waals surface area contributed by atoms with Crippen LogP contribution < -0.4 is 0 Å². The summed E-state index contributed by atoms with van der Waals surface area (Å²) < 4.78 is 0. The highest BCUT2D eigenvalue weighted by Gasteiger charge is 1.88. The lowest BCUT2D eigenvalue weighted by atomic mass is 10.1. The van der Waals surface area contributed by atoms with Crippen molar-refractivity contribution in [3.05, 3.63) is 12.7 Å². The second kappa shape index (κ2) is 10.7. The first kappa shape index (κ1) is 14.3. The minimum absolute atomic E-state index is 0.699. The molecule has 0 aromatic rings. The van der Waals surface area contributed by atoms with E-state index in [4.69, 9.17) is 0 Å². The third-order valence-corrected chi connectivity index (χ3v) is 2.44. The molecule has 0 aromatic carbocycles. The summed E-state index contributed by atoms with van der Waals surface area (Å²) in [5, 5.41) is 0. The molecule has 0 spiro atoms. The van der Waals surface area contributed by atoms with Crippen LogP contribution in [0.5, 0.6) is 0 Å². The van der Waals surface area contributed by atoms with Gasteiger partial charge in [-0.05, 0) is 11.8 Å². The fraction of sp³-hybridized carbons (Fsp3) is 0.833. The van der Waals surface area contributed by atoms with Gasteiger partial charge >= 0.3 is 0 Å². The first-order chi connectivity index (χ1) is 5.62. The van der Waals surface area contributed by atoms with E-state index >= 15 is 0 Å². The van der Waals surface area contributed by atoms with Crippen LogP contribution in [0.4, 0.5) is 0 Å². The zero-order valence-electron chi connectivity index (χ0n) is 9.56. The highest BCUT2D eigenvalue weighted by Crippen LogP contribution is 2.02. The van der Waals surface area contributed by atoms with Crippen molar-refractivity contribution in [2.24, 2.45) is 11.8 Å². The van der Waals surface area contributed by atoms with Crippen molar-refractivity contribution >= 4 is 0 Å².